The van der Waals surface area contributed by atoms with E-state index in [9.17, 15) is 17.6 Å². The van der Waals surface area contributed by atoms with Gasteiger partial charge in [0.05, 0.1) is 4.90 Å². The zero-order chi connectivity index (χ0) is 22.7. The number of carbonyl (C=O) groups is 1. The van der Waals surface area contributed by atoms with Crippen molar-refractivity contribution in [3.05, 3.63) is 101 Å². The molecule has 4 aromatic rings. The van der Waals surface area contributed by atoms with Crippen molar-refractivity contribution < 1.29 is 22.0 Å². The third kappa shape index (κ3) is 4.52. The van der Waals surface area contributed by atoms with E-state index in [1.807, 2.05) is 6.07 Å². The highest BCUT2D eigenvalue weighted by atomic mass is 32.2. The molecular formula is C23H18FN3O4S. The van der Waals surface area contributed by atoms with Gasteiger partial charge in [0.15, 0.2) is 0 Å². The molecule has 0 saturated heterocycles. The molecule has 0 atom stereocenters. The van der Waals surface area contributed by atoms with E-state index >= 15 is 0 Å². The van der Waals surface area contributed by atoms with Gasteiger partial charge in [-0.3, -0.25) is 4.79 Å². The summed E-state index contributed by atoms with van der Waals surface area (Å²) in [6.07, 6.45) is 0. The number of rotatable bonds is 5. The van der Waals surface area contributed by atoms with Gasteiger partial charge in [-0.1, -0.05) is 36.4 Å². The quantitative estimate of drug-likeness (QED) is 0.449. The Morgan fingerprint density at radius 3 is 2.44 bits per heavy atom. The predicted octanol–water partition coefficient (Wildman–Crippen LogP) is 3.93. The van der Waals surface area contributed by atoms with Crippen LogP contribution in [-0.2, 0) is 10.0 Å². The first kappa shape index (κ1) is 21.3. The molecule has 0 saturated carbocycles. The van der Waals surface area contributed by atoms with Crippen LogP contribution in [0.25, 0.3) is 11.0 Å². The van der Waals surface area contributed by atoms with Crippen molar-refractivity contribution in [2.75, 3.05) is 5.32 Å². The first-order valence-electron chi connectivity index (χ1n) is 9.54. The summed E-state index contributed by atoms with van der Waals surface area (Å²) in [6, 6.07) is 20.7. The molecule has 162 valence electrons. The molecular weight excluding hydrogens is 433 g/mol. The van der Waals surface area contributed by atoms with Gasteiger partial charge in [-0.15, -0.1) is 5.10 Å². The van der Waals surface area contributed by atoms with Gasteiger partial charge in [0.1, 0.15) is 17.0 Å². The van der Waals surface area contributed by atoms with Crippen LogP contribution in [-0.4, -0.2) is 14.3 Å². The number of para-hydroxylation sites is 2. The lowest BCUT2D eigenvalue weighted by molar-refractivity contribution is 0.102. The number of halogens is 1. The van der Waals surface area contributed by atoms with Gasteiger partial charge in [-0.05, 0) is 55.0 Å². The molecule has 0 aliphatic rings. The number of fused-ring (bicyclic) bond motifs is 1. The second kappa shape index (κ2) is 8.64. The minimum Gasteiger partial charge on any atom is -0.436 e. The maximum absolute atomic E-state index is 13.5. The minimum absolute atomic E-state index is 0.0329. The maximum Gasteiger partial charge on any atom is 0.276 e. The number of sulfonamides is 1. The Morgan fingerprint density at radius 2 is 1.69 bits per heavy atom. The van der Waals surface area contributed by atoms with Crippen molar-refractivity contribution in [2.45, 2.75) is 11.8 Å². The van der Waals surface area contributed by atoms with Crippen LogP contribution in [0, 0.1) is 12.7 Å². The average molecular weight is 451 g/mol. The predicted molar refractivity (Wildman–Crippen MR) is 118 cm³/mol. The van der Waals surface area contributed by atoms with Crippen molar-refractivity contribution in [1.29, 1.82) is 0 Å². The molecule has 0 radical (unpaired) electrons. The molecule has 4 rings (SSSR count). The average Bonchev–Trinajstić information content (AvgIpc) is 2.79. The summed E-state index contributed by atoms with van der Waals surface area (Å²) in [5.74, 6) is -1.05. The SMILES string of the molecule is Cc1cc(S(=O)(=O)N/N=c2\oc3ccccc3cc2C(=O)Nc2ccccc2)ccc1F. The fourth-order valence-corrected chi connectivity index (χ4v) is 3.86. The van der Waals surface area contributed by atoms with Gasteiger partial charge in [-0.25, -0.2) is 4.39 Å². The molecule has 7 nitrogen and oxygen atoms in total. The van der Waals surface area contributed by atoms with E-state index in [1.54, 1.807) is 54.6 Å². The lowest BCUT2D eigenvalue weighted by Crippen LogP contribution is -2.27. The van der Waals surface area contributed by atoms with E-state index in [2.05, 4.69) is 15.2 Å². The molecule has 0 bridgehead atoms. The van der Waals surface area contributed by atoms with E-state index in [0.29, 0.717) is 16.7 Å². The summed E-state index contributed by atoms with van der Waals surface area (Å²) in [4.78, 5) is 14.8. The molecule has 3 aromatic carbocycles. The number of nitrogens with one attached hydrogen (secondary N) is 2. The number of amides is 1. The fourth-order valence-electron chi connectivity index (χ4n) is 2.97. The molecule has 0 unspecified atom stereocenters. The number of aryl methyl sites for hydroxylation is 1. The largest absolute Gasteiger partial charge is 0.436 e. The molecule has 1 amide bonds. The van der Waals surface area contributed by atoms with Crippen LogP contribution in [0.15, 0.2) is 93.3 Å². The molecule has 0 aliphatic carbocycles. The van der Waals surface area contributed by atoms with Crippen molar-refractivity contribution in [1.82, 2.24) is 4.83 Å². The lowest BCUT2D eigenvalue weighted by Gasteiger charge is -2.08. The molecule has 0 spiro atoms. The third-order valence-corrected chi connectivity index (χ3v) is 5.85. The van der Waals surface area contributed by atoms with Crippen LogP contribution in [0.4, 0.5) is 10.1 Å². The Kier molecular flexibility index (Phi) is 5.74. The number of benzene rings is 3. The Labute approximate surface area is 183 Å². The normalized spacial score (nSPS) is 12.0. The highest BCUT2D eigenvalue weighted by Gasteiger charge is 2.17. The fraction of sp³-hybridized carbons (Fsp3) is 0.0435. The van der Waals surface area contributed by atoms with Crippen LogP contribution >= 0.6 is 0 Å². The van der Waals surface area contributed by atoms with Crippen molar-refractivity contribution in [2.24, 2.45) is 5.10 Å². The summed E-state index contributed by atoms with van der Waals surface area (Å²) < 4.78 is 44.5. The third-order valence-electron chi connectivity index (χ3n) is 4.64. The smallest absolute Gasteiger partial charge is 0.276 e. The highest BCUT2D eigenvalue weighted by molar-refractivity contribution is 7.89. The summed E-state index contributed by atoms with van der Waals surface area (Å²) in [6.45, 7) is 1.45. The molecule has 9 heteroatoms. The van der Waals surface area contributed by atoms with Crippen LogP contribution in [0.5, 0.6) is 0 Å². The van der Waals surface area contributed by atoms with Gasteiger partial charge in [0.25, 0.3) is 15.9 Å². The highest BCUT2D eigenvalue weighted by Crippen LogP contribution is 2.16. The lowest BCUT2D eigenvalue weighted by atomic mass is 10.1. The summed E-state index contributed by atoms with van der Waals surface area (Å²) in [7, 11) is -4.13. The molecule has 2 N–H and O–H groups in total. The van der Waals surface area contributed by atoms with Crippen molar-refractivity contribution >= 4 is 32.6 Å². The Hall–Kier alpha value is -3.98. The number of hydrogen-bond donors (Lipinski definition) is 2. The number of nitrogens with zero attached hydrogens (tertiary/aromatic N) is 1. The van der Waals surface area contributed by atoms with E-state index < -0.39 is 21.7 Å². The van der Waals surface area contributed by atoms with Crippen molar-refractivity contribution in [3.8, 4) is 0 Å². The monoisotopic (exact) mass is 451 g/mol. The van der Waals surface area contributed by atoms with E-state index in [1.165, 1.54) is 13.0 Å². The number of carbonyl (C=O) groups excluding carboxylic acids is 1. The van der Waals surface area contributed by atoms with Gasteiger partial charge >= 0.3 is 0 Å². The van der Waals surface area contributed by atoms with E-state index in [-0.39, 0.29) is 21.6 Å². The Balaban J connectivity index is 1.76. The molecule has 0 aliphatic heterocycles. The standard InChI is InChI=1S/C23H18FN3O4S/c1-15-13-18(11-12-20(15)24)32(29,30)27-26-23-19(14-16-7-5-6-10-21(16)31-23)22(28)25-17-8-3-2-4-9-17/h2-14,27H,1H3,(H,25,28)/b26-23-. The number of hydrogen-bond acceptors (Lipinski definition) is 5. The Morgan fingerprint density at radius 1 is 0.969 bits per heavy atom. The Bertz CT molecular complexity index is 1480. The molecule has 0 fully saturated rings. The number of anilines is 1. The zero-order valence-electron chi connectivity index (χ0n) is 16.9. The van der Waals surface area contributed by atoms with Gasteiger partial charge in [0.2, 0.25) is 5.55 Å². The topological polar surface area (TPSA) is 101 Å². The van der Waals surface area contributed by atoms with Crippen LogP contribution in [0.2, 0.25) is 0 Å². The molecule has 32 heavy (non-hydrogen) atoms. The summed E-state index contributed by atoms with van der Waals surface area (Å²) >= 11 is 0. The molecule has 1 heterocycles. The van der Waals surface area contributed by atoms with Crippen molar-refractivity contribution in [3.63, 3.8) is 0 Å². The van der Waals surface area contributed by atoms with Crippen LogP contribution in [0.1, 0.15) is 15.9 Å². The second-order valence-corrected chi connectivity index (χ2v) is 8.60. The zero-order valence-corrected chi connectivity index (χ0v) is 17.7. The summed E-state index contributed by atoms with van der Waals surface area (Å²) in [5, 5.41) is 7.23. The van der Waals surface area contributed by atoms with Crippen LogP contribution < -0.4 is 15.7 Å². The van der Waals surface area contributed by atoms with Gasteiger partial charge in [0, 0.05) is 11.1 Å². The first-order chi connectivity index (χ1) is 15.3. The van der Waals surface area contributed by atoms with Gasteiger partial charge in [-0.2, -0.15) is 13.2 Å². The van der Waals surface area contributed by atoms with E-state index in [4.69, 9.17) is 4.42 Å². The second-order valence-electron chi connectivity index (χ2n) is 6.94. The first-order valence-corrected chi connectivity index (χ1v) is 11.0. The molecule has 1 aromatic heterocycles. The minimum atomic E-state index is -4.13. The van der Waals surface area contributed by atoms with Crippen LogP contribution in [0.3, 0.4) is 0 Å². The maximum atomic E-state index is 13.5. The van der Waals surface area contributed by atoms with Gasteiger partial charge < -0.3 is 9.73 Å². The summed E-state index contributed by atoms with van der Waals surface area (Å²) in [5.41, 5.74) is 0.953. The van der Waals surface area contributed by atoms with E-state index in [0.717, 1.165) is 12.1 Å².